The number of ketones is 1. The third-order valence-electron chi connectivity index (χ3n) is 2.54. The summed E-state index contributed by atoms with van der Waals surface area (Å²) in [5.41, 5.74) is -0.197. The van der Waals surface area contributed by atoms with E-state index < -0.39 is 5.97 Å². The topological polar surface area (TPSA) is 89.0 Å². The largest absolute Gasteiger partial charge is 0.476 e. The maximum Gasteiger partial charge on any atom is 0.356 e. The summed E-state index contributed by atoms with van der Waals surface area (Å²) in [7, 11) is 3.17. The molecule has 1 aromatic rings. The highest BCUT2D eigenvalue weighted by molar-refractivity contribution is 7.17. The predicted molar refractivity (Wildman–Crippen MR) is 75.0 cm³/mol. The highest BCUT2D eigenvalue weighted by atomic mass is 32.1. The van der Waals surface area contributed by atoms with Crippen molar-refractivity contribution in [3.8, 4) is 0 Å². The Bertz CT molecular complexity index is 435. The van der Waals surface area contributed by atoms with Crippen LogP contribution in [0.25, 0.3) is 0 Å². The minimum atomic E-state index is -1.20. The normalized spacial score (nSPS) is 10.6. The zero-order valence-electron chi connectivity index (χ0n) is 11.7. The van der Waals surface area contributed by atoms with Crippen molar-refractivity contribution in [3.05, 3.63) is 10.6 Å². The molecule has 0 unspecified atom stereocenters. The van der Waals surface area contributed by atoms with Crippen LogP contribution in [0.4, 0.5) is 5.13 Å². The molecule has 1 rings (SSSR count). The minimum absolute atomic E-state index is 0.160. The van der Waals surface area contributed by atoms with E-state index in [4.69, 9.17) is 14.6 Å². The second-order valence-corrected chi connectivity index (χ2v) is 4.99. The number of rotatable bonds is 9. The number of thiazole rings is 1. The Balaban J connectivity index is 3.02. The smallest absolute Gasteiger partial charge is 0.356 e. The molecule has 1 aromatic heterocycles. The van der Waals surface area contributed by atoms with Gasteiger partial charge in [-0.15, -0.1) is 0 Å². The number of aromatic nitrogens is 1. The van der Waals surface area contributed by atoms with Crippen molar-refractivity contribution < 1.29 is 24.2 Å². The van der Waals surface area contributed by atoms with Crippen molar-refractivity contribution in [1.29, 1.82) is 0 Å². The van der Waals surface area contributed by atoms with Crippen LogP contribution in [0.3, 0.4) is 0 Å². The number of carbonyl (C=O) groups excluding carboxylic acids is 1. The van der Waals surface area contributed by atoms with Gasteiger partial charge in [0, 0.05) is 34.2 Å². The lowest BCUT2D eigenvalue weighted by atomic mass is 10.3. The molecule has 1 N–H and O–H groups in total. The number of Topliss-reactive ketones (excluding diaryl/α,β-unsaturated/α-hetero) is 1. The predicted octanol–water partition coefficient (Wildman–Crippen LogP) is 1.14. The van der Waals surface area contributed by atoms with E-state index in [1.807, 2.05) is 4.90 Å². The van der Waals surface area contributed by atoms with Gasteiger partial charge in [-0.05, 0) is 0 Å². The average Bonchev–Trinajstić information content (AvgIpc) is 2.84. The van der Waals surface area contributed by atoms with Crippen molar-refractivity contribution in [2.24, 2.45) is 0 Å². The fraction of sp³-hybridized carbons (Fsp3) is 0.583. The van der Waals surface area contributed by atoms with E-state index in [0.29, 0.717) is 31.4 Å². The molecule has 0 spiro atoms. The first-order chi connectivity index (χ1) is 9.51. The standard InChI is InChI=1S/C12H18N2O5S/c1-8(15)10-9(11(16)17)13-12(20-10)14(4-6-18-2)5-7-19-3/h4-7H2,1-3H3,(H,16,17). The van der Waals surface area contributed by atoms with Crippen LogP contribution in [-0.2, 0) is 9.47 Å². The lowest BCUT2D eigenvalue weighted by molar-refractivity contribution is 0.0687. The molecule has 0 fully saturated rings. The quantitative estimate of drug-likeness (QED) is 0.684. The number of carboxylic acids is 1. The Morgan fingerprint density at radius 1 is 1.25 bits per heavy atom. The zero-order valence-corrected chi connectivity index (χ0v) is 12.5. The molecule has 0 radical (unpaired) electrons. The molecule has 0 amide bonds. The molecule has 0 bridgehead atoms. The second kappa shape index (κ2) is 7.93. The number of carboxylic acid groups (broad SMARTS) is 1. The fourth-order valence-electron chi connectivity index (χ4n) is 1.53. The summed E-state index contributed by atoms with van der Waals surface area (Å²) in [6.45, 7) is 3.37. The first-order valence-corrected chi connectivity index (χ1v) is 6.80. The SMILES string of the molecule is COCCN(CCOC)c1nc(C(=O)O)c(C(C)=O)s1. The van der Waals surface area contributed by atoms with Gasteiger partial charge in [0.15, 0.2) is 16.6 Å². The van der Waals surface area contributed by atoms with E-state index in [1.54, 1.807) is 14.2 Å². The van der Waals surface area contributed by atoms with Crippen LogP contribution in [0, 0.1) is 0 Å². The van der Waals surface area contributed by atoms with E-state index in [1.165, 1.54) is 6.92 Å². The number of nitrogens with zero attached hydrogens (tertiary/aromatic N) is 2. The number of anilines is 1. The summed E-state index contributed by atoms with van der Waals surface area (Å²) >= 11 is 1.08. The molecule has 1 heterocycles. The summed E-state index contributed by atoms with van der Waals surface area (Å²) in [5.74, 6) is -1.50. The van der Waals surface area contributed by atoms with Gasteiger partial charge in [0.05, 0.1) is 13.2 Å². The van der Waals surface area contributed by atoms with Crippen LogP contribution in [-0.4, -0.2) is 62.4 Å². The van der Waals surface area contributed by atoms with Crippen LogP contribution in [0.2, 0.25) is 0 Å². The molecule has 0 aliphatic heterocycles. The molecule has 0 aliphatic carbocycles. The molecular weight excluding hydrogens is 284 g/mol. The lowest BCUT2D eigenvalue weighted by Crippen LogP contribution is -2.30. The van der Waals surface area contributed by atoms with Crippen LogP contribution < -0.4 is 4.90 Å². The molecule has 8 heteroatoms. The van der Waals surface area contributed by atoms with Gasteiger partial charge >= 0.3 is 5.97 Å². The molecule has 0 saturated heterocycles. The molecule has 0 atom stereocenters. The van der Waals surface area contributed by atoms with Gasteiger partial charge < -0.3 is 19.5 Å². The number of aromatic carboxylic acids is 1. The number of carbonyl (C=O) groups is 2. The Kier molecular flexibility index (Phi) is 6.56. The molecule has 0 aliphatic rings. The number of ether oxygens (including phenoxy) is 2. The summed E-state index contributed by atoms with van der Waals surface area (Å²) in [4.78, 5) is 28.6. The van der Waals surface area contributed by atoms with Gasteiger partial charge in [0.2, 0.25) is 0 Å². The third kappa shape index (κ3) is 4.26. The van der Waals surface area contributed by atoms with Crippen molar-refractivity contribution in [1.82, 2.24) is 4.98 Å². The number of hydrogen-bond acceptors (Lipinski definition) is 7. The molecule has 20 heavy (non-hydrogen) atoms. The van der Waals surface area contributed by atoms with Gasteiger partial charge in [0.25, 0.3) is 0 Å². The third-order valence-corrected chi connectivity index (χ3v) is 3.76. The van der Waals surface area contributed by atoms with Gasteiger partial charge in [-0.3, -0.25) is 4.79 Å². The maximum absolute atomic E-state index is 11.5. The van der Waals surface area contributed by atoms with Crippen molar-refractivity contribution >= 4 is 28.2 Å². The Hall–Kier alpha value is -1.51. The summed E-state index contributed by atoms with van der Waals surface area (Å²) in [6.07, 6.45) is 0. The van der Waals surface area contributed by atoms with Crippen LogP contribution in [0.1, 0.15) is 27.1 Å². The van der Waals surface area contributed by atoms with Gasteiger partial charge in [-0.2, -0.15) is 0 Å². The molecule has 0 aromatic carbocycles. The van der Waals surface area contributed by atoms with Crippen molar-refractivity contribution in [2.45, 2.75) is 6.92 Å². The first-order valence-electron chi connectivity index (χ1n) is 5.99. The Morgan fingerprint density at radius 2 is 1.80 bits per heavy atom. The zero-order chi connectivity index (χ0) is 15.1. The molecular formula is C12H18N2O5S. The summed E-state index contributed by atoms with van der Waals surface area (Å²) in [6, 6.07) is 0. The van der Waals surface area contributed by atoms with E-state index >= 15 is 0 Å². The van der Waals surface area contributed by atoms with Crippen LogP contribution >= 0.6 is 11.3 Å². The average molecular weight is 302 g/mol. The Morgan fingerprint density at radius 3 is 2.15 bits per heavy atom. The number of methoxy groups -OCH3 is 2. The first kappa shape index (κ1) is 16.5. The van der Waals surface area contributed by atoms with Crippen molar-refractivity contribution in [2.75, 3.05) is 45.4 Å². The van der Waals surface area contributed by atoms with E-state index in [0.717, 1.165) is 11.3 Å². The van der Waals surface area contributed by atoms with Crippen molar-refractivity contribution in [3.63, 3.8) is 0 Å². The van der Waals surface area contributed by atoms with Gasteiger partial charge in [-0.1, -0.05) is 11.3 Å². The van der Waals surface area contributed by atoms with Gasteiger partial charge in [0.1, 0.15) is 4.88 Å². The molecule has 0 saturated carbocycles. The highest BCUT2D eigenvalue weighted by Crippen LogP contribution is 2.27. The van der Waals surface area contributed by atoms with E-state index in [-0.39, 0.29) is 16.4 Å². The summed E-state index contributed by atoms with van der Waals surface area (Å²) in [5, 5.41) is 9.57. The monoisotopic (exact) mass is 302 g/mol. The van der Waals surface area contributed by atoms with E-state index in [9.17, 15) is 9.59 Å². The molecule has 112 valence electrons. The van der Waals surface area contributed by atoms with Crippen LogP contribution in [0.5, 0.6) is 0 Å². The van der Waals surface area contributed by atoms with Gasteiger partial charge in [-0.25, -0.2) is 9.78 Å². The lowest BCUT2D eigenvalue weighted by Gasteiger charge is -2.20. The number of hydrogen-bond donors (Lipinski definition) is 1. The summed E-state index contributed by atoms with van der Waals surface area (Å²) < 4.78 is 10.0. The van der Waals surface area contributed by atoms with Crippen LogP contribution in [0.15, 0.2) is 0 Å². The minimum Gasteiger partial charge on any atom is -0.476 e. The molecule has 7 nitrogen and oxygen atoms in total. The highest BCUT2D eigenvalue weighted by Gasteiger charge is 2.23. The van der Waals surface area contributed by atoms with E-state index in [2.05, 4.69) is 4.98 Å². The Labute approximate surface area is 121 Å². The fourth-order valence-corrected chi connectivity index (χ4v) is 2.54. The second-order valence-electron chi connectivity index (χ2n) is 4.01. The maximum atomic E-state index is 11.5.